The second-order valence-corrected chi connectivity index (χ2v) is 3.46. The number of aromatic carboxylic acids is 1. The Hall–Kier alpha value is -2.24. The third-order valence-electron chi connectivity index (χ3n) is 2.34. The average molecular weight is 253 g/mol. The van der Waals surface area contributed by atoms with Crippen molar-refractivity contribution in [3.8, 4) is 11.5 Å². The van der Waals surface area contributed by atoms with Gasteiger partial charge in [-0.1, -0.05) is 6.92 Å². The number of carboxylic acids is 1. The van der Waals surface area contributed by atoms with Crippen LogP contribution >= 0.6 is 0 Å². The molecule has 0 fully saturated rings. The van der Waals surface area contributed by atoms with E-state index in [0.29, 0.717) is 12.1 Å². The predicted octanol–water partition coefficient (Wildman–Crippen LogP) is 1.75. The highest BCUT2D eigenvalue weighted by Crippen LogP contribution is 2.36. The van der Waals surface area contributed by atoms with E-state index in [1.165, 1.54) is 26.4 Å². The minimum Gasteiger partial charge on any atom is -0.494 e. The zero-order chi connectivity index (χ0) is 13.7. The first-order valence-electron chi connectivity index (χ1n) is 5.32. The molecule has 1 rings (SSSR count). The summed E-state index contributed by atoms with van der Waals surface area (Å²) in [6, 6.07) is 2.66. The van der Waals surface area contributed by atoms with E-state index in [9.17, 15) is 9.59 Å². The quantitative estimate of drug-likeness (QED) is 0.835. The smallest absolute Gasteiger partial charge is 0.335 e. The number of carbonyl (C=O) groups excluding carboxylic acids is 1. The molecule has 0 heterocycles. The van der Waals surface area contributed by atoms with Crippen LogP contribution in [-0.4, -0.2) is 31.2 Å². The molecule has 0 spiro atoms. The van der Waals surface area contributed by atoms with Crippen molar-refractivity contribution in [1.29, 1.82) is 0 Å². The lowest BCUT2D eigenvalue weighted by molar-refractivity contribution is -0.115. The van der Waals surface area contributed by atoms with Crippen molar-refractivity contribution in [3.63, 3.8) is 0 Å². The Kier molecular flexibility index (Phi) is 4.53. The van der Waals surface area contributed by atoms with E-state index >= 15 is 0 Å². The van der Waals surface area contributed by atoms with Gasteiger partial charge >= 0.3 is 5.97 Å². The number of methoxy groups -OCH3 is 2. The number of nitrogens with one attached hydrogen (secondary N) is 1. The van der Waals surface area contributed by atoms with Gasteiger partial charge in [-0.2, -0.15) is 0 Å². The number of rotatable bonds is 5. The van der Waals surface area contributed by atoms with Crippen LogP contribution < -0.4 is 14.8 Å². The fourth-order valence-electron chi connectivity index (χ4n) is 1.39. The number of carbonyl (C=O) groups is 2. The van der Waals surface area contributed by atoms with Gasteiger partial charge in [0.25, 0.3) is 0 Å². The van der Waals surface area contributed by atoms with Crippen LogP contribution in [0, 0.1) is 0 Å². The van der Waals surface area contributed by atoms with E-state index in [0.717, 1.165) is 0 Å². The lowest BCUT2D eigenvalue weighted by atomic mass is 10.1. The molecule has 6 heteroatoms. The number of amides is 1. The largest absolute Gasteiger partial charge is 0.494 e. The van der Waals surface area contributed by atoms with Gasteiger partial charge in [-0.25, -0.2) is 4.79 Å². The molecule has 1 amide bonds. The molecule has 0 radical (unpaired) electrons. The third kappa shape index (κ3) is 2.91. The van der Waals surface area contributed by atoms with Crippen LogP contribution in [0.3, 0.4) is 0 Å². The highest BCUT2D eigenvalue weighted by atomic mass is 16.5. The summed E-state index contributed by atoms with van der Waals surface area (Å²) in [5.41, 5.74) is 0.357. The van der Waals surface area contributed by atoms with Crippen LogP contribution in [0.4, 0.5) is 5.69 Å². The molecule has 0 aliphatic heterocycles. The van der Waals surface area contributed by atoms with Crippen LogP contribution in [0.2, 0.25) is 0 Å². The van der Waals surface area contributed by atoms with Gasteiger partial charge in [0, 0.05) is 6.42 Å². The van der Waals surface area contributed by atoms with Crippen molar-refractivity contribution in [2.75, 3.05) is 19.5 Å². The molecule has 1 aromatic carbocycles. The van der Waals surface area contributed by atoms with Crippen LogP contribution in [0.15, 0.2) is 12.1 Å². The first-order chi connectivity index (χ1) is 8.53. The Morgan fingerprint density at radius 1 is 1.22 bits per heavy atom. The number of hydrogen-bond donors (Lipinski definition) is 2. The van der Waals surface area contributed by atoms with E-state index in [2.05, 4.69) is 5.32 Å². The van der Waals surface area contributed by atoms with Gasteiger partial charge in [0.2, 0.25) is 5.91 Å². The van der Waals surface area contributed by atoms with Crippen LogP contribution in [0.25, 0.3) is 0 Å². The third-order valence-corrected chi connectivity index (χ3v) is 2.34. The maximum atomic E-state index is 11.4. The van der Waals surface area contributed by atoms with Gasteiger partial charge in [-0.3, -0.25) is 4.79 Å². The summed E-state index contributed by atoms with van der Waals surface area (Å²) in [5, 5.41) is 11.6. The standard InChI is InChI=1S/C12H15NO5/c1-4-10(14)13-11-8(17-2)5-7(12(15)16)6-9(11)18-3/h5-6H,4H2,1-3H3,(H,13,14)(H,15,16). The van der Waals surface area contributed by atoms with Crippen molar-refractivity contribution in [1.82, 2.24) is 0 Å². The predicted molar refractivity (Wildman–Crippen MR) is 65.4 cm³/mol. The molecule has 98 valence electrons. The first kappa shape index (κ1) is 13.8. The van der Waals surface area contributed by atoms with Gasteiger partial charge in [-0.15, -0.1) is 0 Å². The van der Waals surface area contributed by atoms with Crippen molar-refractivity contribution in [3.05, 3.63) is 17.7 Å². The number of hydrogen-bond acceptors (Lipinski definition) is 4. The zero-order valence-corrected chi connectivity index (χ0v) is 10.4. The number of carboxylic acid groups (broad SMARTS) is 1. The topological polar surface area (TPSA) is 84.9 Å². The molecule has 2 N–H and O–H groups in total. The first-order valence-corrected chi connectivity index (χ1v) is 5.32. The highest BCUT2D eigenvalue weighted by Gasteiger charge is 2.17. The van der Waals surface area contributed by atoms with E-state index in [4.69, 9.17) is 14.6 Å². The highest BCUT2D eigenvalue weighted by molar-refractivity contribution is 5.96. The lowest BCUT2D eigenvalue weighted by Gasteiger charge is -2.14. The molecule has 0 bridgehead atoms. The van der Waals surface area contributed by atoms with Crippen molar-refractivity contribution in [2.45, 2.75) is 13.3 Å². The van der Waals surface area contributed by atoms with Gasteiger partial charge < -0.3 is 19.9 Å². The summed E-state index contributed by atoms with van der Waals surface area (Å²) in [6.45, 7) is 1.71. The Bertz CT molecular complexity index is 445. The summed E-state index contributed by atoms with van der Waals surface area (Å²) in [6.07, 6.45) is 0.299. The second kappa shape index (κ2) is 5.90. The summed E-state index contributed by atoms with van der Waals surface area (Å²) in [5.74, 6) is -0.822. The summed E-state index contributed by atoms with van der Waals surface area (Å²) in [4.78, 5) is 22.3. The van der Waals surface area contributed by atoms with E-state index in [-0.39, 0.29) is 23.0 Å². The molecular formula is C12H15NO5. The Morgan fingerprint density at radius 3 is 2.06 bits per heavy atom. The number of anilines is 1. The molecule has 1 aromatic rings. The molecule has 0 saturated heterocycles. The maximum absolute atomic E-state index is 11.4. The van der Waals surface area contributed by atoms with Gasteiger partial charge in [0.05, 0.1) is 19.8 Å². The number of benzene rings is 1. The fraction of sp³-hybridized carbons (Fsp3) is 0.333. The molecule has 0 aliphatic carbocycles. The second-order valence-electron chi connectivity index (χ2n) is 3.46. The molecule has 0 atom stereocenters. The molecule has 0 saturated carbocycles. The van der Waals surface area contributed by atoms with Crippen LogP contribution in [0.5, 0.6) is 11.5 Å². The van der Waals surface area contributed by atoms with Crippen LogP contribution in [-0.2, 0) is 4.79 Å². The van der Waals surface area contributed by atoms with Crippen molar-refractivity contribution < 1.29 is 24.2 Å². The zero-order valence-electron chi connectivity index (χ0n) is 10.4. The Morgan fingerprint density at radius 2 is 1.72 bits per heavy atom. The molecule has 0 aromatic heterocycles. The van der Waals surface area contributed by atoms with E-state index in [1.807, 2.05) is 0 Å². The average Bonchev–Trinajstić information content (AvgIpc) is 2.38. The normalized spacial score (nSPS) is 9.72. The summed E-state index contributed by atoms with van der Waals surface area (Å²) >= 11 is 0. The summed E-state index contributed by atoms with van der Waals surface area (Å²) in [7, 11) is 2.78. The van der Waals surface area contributed by atoms with Crippen LogP contribution in [0.1, 0.15) is 23.7 Å². The molecule has 6 nitrogen and oxygen atoms in total. The fourth-order valence-corrected chi connectivity index (χ4v) is 1.39. The SMILES string of the molecule is CCC(=O)Nc1c(OC)cc(C(=O)O)cc1OC. The van der Waals surface area contributed by atoms with Crippen molar-refractivity contribution in [2.24, 2.45) is 0 Å². The van der Waals surface area contributed by atoms with Gasteiger partial charge in [-0.05, 0) is 12.1 Å². The number of ether oxygens (including phenoxy) is 2. The van der Waals surface area contributed by atoms with E-state index < -0.39 is 5.97 Å². The molecule has 0 unspecified atom stereocenters. The van der Waals surface area contributed by atoms with Gasteiger partial charge in [0.15, 0.2) is 0 Å². The van der Waals surface area contributed by atoms with E-state index in [1.54, 1.807) is 6.92 Å². The lowest BCUT2D eigenvalue weighted by Crippen LogP contribution is -2.12. The van der Waals surface area contributed by atoms with Crippen molar-refractivity contribution >= 4 is 17.6 Å². The monoisotopic (exact) mass is 253 g/mol. The molecule has 0 aliphatic rings. The molecule has 18 heavy (non-hydrogen) atoms. The molecular weight excluding hydrogens is 238 g/mol. The maximum Gasteiger partial charge on any atom is 0.335 e. The Labute approximate surface area is 105 Å². The minimum absolute atomic E-state index is 0.0261. The minimum atomic E-state index is -1.10. The van der Waals surface area contributed by atoms with Gasteiger partial charge in [0.1, 0.15) is 17.2 Å². The Balaban J connectivity index is 3.29. The summed E-state index contributed by atoms with van der Waals surface area (Å²) < 4.78 is 10.1.